The molecule has 4 atom stereocenters. The molecule has 11 nitrogen and oxygen atoms in total. The van der Waals surface area contributed by atoms with Crippen LogP contribution in [-0.4, -0.2) is 88.6 Å². The molecule has 0 saturated carbocycles. The number of primary amides is 1. The molecule has 1 aromatic carbocycles. The van der Waals surface area contributed by atoms with E-state index in [2.05, 4.69) is 10.3 Å². The third kappa shape index (κ3) is 6.20. The lowest BCUT2D eigenvalue weighted by Crippen LogP contribution is -2.57. The van der Waals surface area contributed by atoms with E-state index >= 15 is 0 Å². The van der Waals surface area contributed by atoms with E-state index in [1.165, 1.54) is 7.05 Å². The number of rotatable bonds is 8. The molecule has 39 heavy (non-hydrogen) atoms. The maximum atomic E-state index is 13.8. The molecular weight excluding hydrogens is 521 g/mol. The van der Waals surface area contributed by atoms with Gasteiger partial charge in [0.15, 0.2) is 5.54 Å². The summed E-state index contributed by atoms with van der Waals surface area (Å²) in [6.07, 6.45) is -5.29. The smallest absolute Gasteiger partial charge is 0.368 e. The standard InChI is InChI=1S/C25H31F3N6O5/c1-13(2)10-16(33(4)20(36)14(3)30-23(39)25(26,27)28)21(37)34-12-24(11-17(34)18(29)35)22(38)31-19(32-24)15-8-6-5-7-9-15/h5-9,13-14,16-17H,10-12H2,1-4H3,(H2,29,35)(H,30,39)(H,31,32,38)/t14?,16?,17-,24+/m0/s1. The Morgan fingerprint density at radius 2 is 1.82 bits per heavy atom. The molecule has 1 spiro atoms. The van der Waals surface area contributed by atoms with Crippen molar-refractivity contribution in [1.82, 2.24) is 20.4 Å². The lowest BCUT2D eigenvalue weighted by molar-refractivity contribution is -0.175. The molecule has 2 heterocycles. The third-order valence-electron chi connectivity index (χ3n) is 6.75. The van der Waals surface area contributed by atoms with Gasteiger partial charge in [0, 0.05) is 19.0 Å². The van der Waals surface area contributed by atoms with Gasteiger partial charge in [0.2, 0.25) is 17.7 Å². The molecule has 0 bridgehead atoms. The number of nitrogens with two attached hydrogens (primary N) is 1. The second kappa shape index (κ2) is 11.0. The van der Waals surface area contributed by atoms with Crippen LogP contribution >= 0.6 is 0 Å². The van der Waals surface area contributed by atoms with E-state index in [1.54, 1.807) is 49.5 Å². The molecule has 2 aliphatic heterocycles. The zero-order valence-electron chi connectivity index (χ0n) is 21.9. The topological polar surface area (TPSA) is 154 Å². The van der Waals surface area contributed by atoms with Crippen LogP contribution in [0.1, 0.15) is 39.2 Å². The number of carbonyl (C=O) groups excluding carboxylic acids is 5. The van der Waals surface area contributed by atoms with Crippen molar-refractivity contribution >= 4 is 35.4 Å². The van der Waals surface area contributed by atoms with Crippen LogP contribution in [0.25, 0.3) is 0 Å². The number of amides is 5. The number of nitrogens with zero attached hydrogens (tertiary/aromatic N) is 3. The Kier molecular flexibility index (Phi) is 8.36. The number of nitrogens with one attached hydrogen (secondary N) is 2. The number of amidine groups is 1. The second-order valence-corrected chi connectivity index (χ2v) is 10.2. The molecule has 1 saturated heterocycles. The van der Waals surface area contributed by atoms with Gasteiger partial charge in [-0.15, -0.1) is 0 Å². The maximum absolute atomic E-state index is 13.8. The molecule has 4 N–H and O–H groups in total. The number of alkyl halides is 3. The van der Waals surface area contributed by atoms with Crippen molar-refractivity contribution in [1.29, 1.82) is 0 Å². The third-order valence-corrected chi connectivity index (χ3v) is 6.75. The van der Waals surface area contributed by atoms with E-state index in [-0.39, 0.29) is 31.1 Å². The van der Waals surface area contributed by atoms with Crippen LogP contribution < -0.4 is 16.4 Å². The fourth-order valence-corrected chi connectivity index (χ4v) is 4.73. The minimum absolute atomic E-state index is 0.0840. The number of likely N-dealkylation sites (N-methyl/N-ethyl adjacent to an activating group) is 1. The molecule has 3 rings (SSSR count). The predicted molar refractivity (Wildman–Crippen MR) is 133 cm³/mol. The van der Waals surface area contributed by atoms with E-state index in [1.807, 2.05) is 0 Å². The first kappa shape index (κ1) is 29.6. The zero-order valence-corrected chi connectivity index (χ0v) is 21.9. The van der Waals surface area contributed by atoms with E-state index < -0.39 is 59.4 Å². The first-order valence-corrected chi connectivity index (χ1v) is 12.3. The fraction of sp³-hybridized carbons (Fsp3) is 0.520. The number of hydrogen-bond acceptors (Lipinski definition) is 6. The normalized spacial score (nSPS) is 22.4. The van der Waals surface area contributed by atoms with E-state index in [0.29, 0.717) is 5.56 Å². The highest BCUT2D eigenvalue weighted by atomic mass is 19.4. The highest BCUT2D eigenvalue weighted by molar-refractivity contribution is 6.16. The van der Waals surface area contributed by atoms with E-state index in [9.17, 15) is 37.1 Å². The molecule has 14 heteroatoms. The summed E-state index contributed by atoms with van der Waals surface area (Å²) in [6, 6.07) is 4.74. The van der Waals surface area contributed by atoms with Gasteiger partial charge in [-0.1, -0.05) is 44.2 Å². The fourth-order valence-electron chi connectivity index (χ4n) is 4.73. The lowest BCUT2D eigenvalue weighted by Gasteiger charge is -2.35. The van der Waals surface area contributed by atoms with Gasteiger partial charge in [0.05, 0.1) is 6.54 Å². The monoisotopic (exact) mass is 552 g/mol. The summed E-state index contributed by atoms with van der Waals surface area (Å²) in [6.45, 7) is 4.31. The quantitative estimate of drug-likeness (QED) is 0.424. The molecule has 1 fully saturated rings. The summed E-state index contributed by atoms with van der Waals surface area (Å²) in [5.74, 6) is -5.23. The summed E-state index contributed by atoms with van der Waals surface area (Å²) >= 11 is 0. The van der Waals surface area contributed by atoms with Crippen molar-refractivity contribution in [2.24, 2.45) is 16.6 Å². The van der Waals surface area contributed by atoms with Crippen LogP contribution in [0.4, 0.5) is 13.2 Å². The molecule has 0 aliphatic carbocycles. The first-order valence-electron chi connectivity index (χ1n) is 12.3. The summed E-state index contributed by atoms with van der Waals surface area (Å²) in [4.78, 5) is 70.2. The number of benzene rings is 1. The van der Waals surface area contributed by atoms with Crippen molar-refractivity contribution in [3.63, 3.8) is 0 Å². The molecule has 2 unspecified atom stereocenters. The van der Waals surface area contributed by atoms with Gasteiger partial charge < -0.3 is 26.2 Å². The van der Waals surface area contributed by atoms with E-state index in [0.717, 1.165) is 16.7 Å². The summed E-state index contributed by atoms with van der Waals surface area (Å²) in [5, 5.41) is 4.28. The van der Waals surface area contributed by atoms with Crippen molar-refractivity contribution in [3.8, 4) is 0 Å². The Balaban J connectivity index is 1.89. The van der Waals surface area contributed by atoms with Crippen molar-refractivity contribution in [2.45, 2.75) is 63.5 Å². The minimum Gasteiger partial charge on any atom is -0.368 e. The van der Waals surface area contributed by atoms with E-state index in [4.69, 9.17) is 5.73 Å². The SMILES string of the molecule is CC(C)CC(C(=O)N1C[C@@]2(C[C@H]1C(N)=O)N=C(c1ccccc1)NC2=O)N(C)C(=O)C(C)NC(=O)C(F)(F)F. The van der Waals surface area contributed by atoms with Crippen LogP contribution in [0, 0.1) is 5.92 Å². The van der Waals surface area contributed by atoms with Crippen LogP contribution in [-0.2, 0) is 24.0 Å². The van der Waals surface area contributed by atoms with Crippen molar-refractivity contribution in [2.75, 3.05) is 13.6 Å². The Morgan fingerprint density at radius 1 is 1.21 bits per heavy atom. The second-order valence-electron chi connectivity index (χ2n) is 10.2. The van der Waals surface area contributed by atoms with Crippen LogP contribution in [0.15, 0.2) is 35.3 Å². The average molecular weight is 553 g/mol. The van der Waals surface area contributed by atoms with Crippen LogP contribution in [0.2, 0.25) is 0 Å². The van der Waals surface area contributed by atoms with Gasteiger partial charge in [-0.05, 0) is 19.3 Å². The molecular formula is C25H31F3N6O5. The summed E-state index contributed by atoms with van der Waals surface area (Å²) < 4.78 is 38.1. The van der Waals surface area contributed by atoms with Gasteiger partial charge in [0.25, 0.3) is 5.91 Å². The van der Waals surface area contributed by atoms with Gasteiger partial charge in [0.1, 0.15) is 24.0 Å². The Hall–Kier alpha value is -3.97. The van der Waals surface area contributed by atoms with Crippen LogP contribution in [0.5, 0.6) is 0 Å². The average Bonchev–Trinajstić information content (AvgIpc) is 3.41. The lowest BCUT2D eigenvalue weighted by atomic mass is 9.96. The number of aliphatic imine (C=N–C) groups is 1. The highest BCUT2D eigenvalue weighted by Gasteiger charge is 2.56. The largest absolute Gasteiger partial charge is 0.471 e. The Bertz CT molecular complexity index is 1190. The molecule has 2 aliphatic rings. The van der Waals surface area contributed by atoms with Gasteiger partial charge in [-0.2, -0.15) is 13.2 Å². The summed E-state index contributed by atoms with van der Waals surface area (Å²) in [5.41, 5.74) is 4.74. The van der Waals surface area contributed by atoms with Crippen molar-refractivity contribution < 1.29 is 37.1 Å². The molecule has 5 amide bonds. The molecule has 0 aromatic heterocycles. The Labute approximate surface area is 223 Å². The van der Waals surface area contributed by atoms with Gasteiger partial charge >= 0.3 is 12.1 Å². The first-order chi connectivity index (χ1) is 18.1. The van der Waals surface area contributed by atoms with Crippen molar-refractivity contribution in [3.05, 3.63) is 35.9 Å². The number of hydrogen-bond donors (Lipinski definition) is 3. The van der Waals surface area contributed by atoms with Gasteiger partial charge in [-0.3, -0.25) is 24.0 Å². The number of likely N-dealkylation sites (tertiary alicyclic amines) is 1. The van der Waals surface area contributed by atoms with Gasteiger partial charge in [-0.25, -0.2) is 4.99 Å². The molecule has 0 radical (unpaired) electrons. The summed E-state index contributed by atoms with van der Waals surface area (Å²) in [7, 11) is 1.22. The number of halogens is 3. The zero-order chi connectivity index (χ0) is 29.3. The minimum atomic E-state index is -5.19. The highest BCUT2D eigenvalue weighted by Crippen LogP contribution is 2.35. The predicted octanol–water partition coefficient (Wildman–Crippen LogP) is 0.328. The Morgan fingerprint density at radius 3 is 2.36 bits per heavy atom. The maximum Gasteiger partial charge on any atom is 0.471 e. The molecule has 1 aromatic rings. The number of carbonyl (C=O) groups is 5. The molecule has 212 valence electrons. The van der Waals surface area contributed by atoms with Crippen LogP contribution in [0.3, 0.4) is 0 Å².